The predicted octanol–water partition coefficient (Wildman–Crippen LogP) is 4.00. The summed E-state index contributed by atoms with van der Waals surface area (Å²) in [7, 11) is 1.71. The SMILES string of the molecule is Cc1ccc(N=C2S/C(=C\c3ccc(OCC(=O)O)cc3)C(=O)N2C)cc1C. The van der Waals surface area contributed by atoms with E-state index >= 15 is 0 Å². The molecular weight excluding hydrogens is 376 g/mol. The van der Waals surface area contributed by atoms with Crippen molar-refractivity contribution in [1.82, 2.24) is 4.90 Å². The number of hydrogen-bond donors (Lipinski definition) is 1. The molecule has 0 radical (unpaired) electrons. The van der Waals surface area contributed by atoms with Crippen LogP contribution in [0.15, 0.2) is 52.4 Å². The third-order valence-corrected chi connectivity index (χ3v) is 5.32. The summed E-state index contributed by atoms with van der Waals surface area (Å²) in [4.78, 5) is 29.8. The fourth-order valence-corrected chi connectivity index (χ4v) is 3.50. The number of likely N-dealkylation sites (N-methyl/N-ethyl adjacent to an activating group) is 1. The first-order valence-corrected chi connectivity index (χ1v) is 9.43. The molecular formula is C21H20N2O4S. The molecule has 1 amide bonds. The van der Waals surface area contributed by atoms with Gasteiger partial charge in [0.2, 0.25) is 0 Å². The Bertz CT molecular complexity index is 980. The molecule has 0 bridgehead atoms. The van der Waals surface area contributed by atoms with Gasteiger partial charge in [-0.3, -0.25) is 9.69 Å². The molecule has 3 rings (SSSR count). The molecule has 1 saturated heterocycles. The van der Waals surface area contributed by atoms with E-state index in [0.717, 1.165) is 16.8 Å². The van der Waals surface area contributed by atoms with E-state index in [1.54, 1.807) is 37.4 Å². The van der Waals surface area contributed by atoms with Gasteiger partial charge in [-0.25, -0.2) is 9.79 Å². The van der Waals surface area contributed by atoms with Gasteiger partial charge in [-0.15, -0.1) is 0 Å². The van der Waals surface area contributed by atoms with E-state index in [2.05, 4.69) is 4.99 Å². The van der Waals surface area contributed by atoms with Gasteiger partial charge in [-0.05, 0) is 72.6 Å². The largest absolute Gasteiger partial charge is 0.482 e. The maximum Gasteiger partial charge on any atom is 0.341 e. The van der Waals surface area contributed by atoms with Crippen LogP contribution in [0.2, 0.25) is 0 Å². The molecule has 0 aromatic heterocycles. The van der Waals surface area contributed by atoms with Crippen molar-refractivity contribution in [2.45, 2.75) is 13.8 Å². The van der Waals surface area contributed by atoms with Gasteiger partial charge in [-0.2, -0.15) is 0 Å². The summed E-state index contributed by atoms with van der Waals surface area (Å²) in [6.07, 6.45) is 1.79. The molecule has 7 heteroatoms. The topological polar surface area (TPSA) is 79.2 Å². The van der Waals surface area contributed by atoms with Gasteiger partial charge in [0.25, 0.3) is 5.91 Å². The zero-order valence-electron chi connectivity index (χ0n) is 15.8. The molecule has 1 heterocycles. The van der Waals surface area contributed by atoms with E-state index in [4.69, 9.17) is 9.84 Å². The van der Waals surface area contributed by atoms with Crippen LogP contribution in [-0.4, -0.2) is 40.7 Å². The fourth-order valence-electron chi connectivity index (χ4n) is 2.51. The minimum absolute atomic E-state index is 0.112. The van der Waals surface area contributed by atoms with Gasteiger partial charge in [0.05, 0.1) is 10.6 Å². The summed E-state index contributed by atoms with van der Waals surface area (Å²) in [5.74, 6) is -0.680. The average Bonchev–Trinajstić information content (AvgIpc) is 2.92. The number of ether oxygens (including phenoxy) is 1. The number of amidine groups is 1. The Morgan fingerprint density at radius 1 is 1.18 bits per heavy atom. The van der Waals surface area contributed by atoms with Crippen molar-refractivity contribution in [3.8, 4) is 5.75 Å². The Hall–Kier alpha value is -3.06. The van der Waals surface area contributed by atoms with E-state index in [0.29, 0.717) is 15.8 Å². The van der Waals surface area contributed by atoms with Crippen LogP contribution in [0, 0.1) is 13.8 Å². The number of hydrogen-bond acceptors (Lipinski definition) is 5. The molecule has 1 fully saturated rings. The molecule has 0 unspecified atom stereocenters. The fraction of sp³-hybridized carbons (Fsp3) is 0.190. The van der Waals surface area contributed by atoms with Gasteiger partial charge in [-0.1, -0.05) is 18.2 Å². The minimum Gasteiger partial charge on any atom is -0.482 e. The van der Waals surface area contributed by atoms with Gasteiger partial charge in [0, 0.05) is 7.05 Å². The van der Waals surface area contributed by atoms with Crippen molar-refractivity contribution in [1.29, 1.82) is 0 Å². The molecule has 144 valence electrons. The summed E-state index contributed by atoms with van der Waals surface area (Å²) in [5.41, 5.74) is 3.98. The van der Waals surface area contributed by atoms with Crippen molar-refractivity contribution in [3.63, 3.8) is 0 Å². The third-order valence-electron chi connectivity index (χ3n) is 4.26. The average molecular weight is 396 g/mol. The summed E-state index contributed by atoms with van der Waals surface area (Å²) in [6.45, 7) is 3.69. The zero-order valence-corrected chi connectivity index (χ0v) is 16.6. The Kier molecular flexibility index (Phi) is 5.84. The van der Waals surface area contributed by atoms with Crippen molar-refractivity contribution < 1.29 is 19.4 Å². The van der Waals surface area contributed by atoms with Crippen molar-refractivity contribution in [2.24, 2.45) is 4.99 Å². The molecule has 0 aliphatic carbocycles. The normalized spacial score (nSPS) is 16.8. The molecule has 6 nitrogen and oxygen atoms in total. The lowest BCUT2D eigenvalue weighted by Crippen LogP contribution is -2.23. The number of thioether (sulfide) groups is 1. The van der Waals surface area contributed by atoms with Crippen molar-refractivity contribution in [3.05, 3.63) is 64.1 Å². The predicted molar refractivity (Wildman–Crippen MR) is 111 cm³/mol. The molecule has 1 aliphatic rings. The van der Waals surface area contributed by atoms with Gasteiger partial charge >= 0.3 is 5.97 Å². The molecule has 1 N–H and O–H groups in total. The lowest BCUT2D eigenvalue weighted by atomic mass is 10.1. The van der Waals surface area contributed by atoms with Gasteiger partial charge in [0.1, 0.15) is 5.75 Å². The number of benzene rings is 2. The zero-order chi connectivity index (χ0) is 20.3. The molecule has 2 aromatic carbocycles. The number of aliphatic carboxylic acids is 1. The highest BCUT2D eigenvalue weighted by Gasteiger charge is 2.30. The molecule has 1 aliphatic heterocycles. The second kappa shape index (κ2) is 8.31. The van der Waals surface area contributed by atoms with Gasteiger partial charge < -0.3 is 9.84 Å². The van der Waals surface area contributed by atoms with Crippen LogP contribution in [0.25, 0.3) is 6.08 Å². The Morgan fingerprint density at radius 2 is 1.89 bits per heavy atom. The standard InChI is InChI=1S/C21H20N2O4S/c1-13-4-7-16(10-14(13)2)22-21-23(3)20(26)18(28-21)11-15-5-8-17(9-6-15)27-12-19(24)25/h4-11H,12H2,1-3H3,(H,24,25)/b18-11-,22-21?. The van der Waals surface area contributed by atoms with Crippen LogP contribution < -0.4 is 4.74 Å². The maximum atomic E-state index is 12.5. The number of carbonyl (C=O) groups excluding carboxylic acids is 1. The second-order valence-corrected chi connectivity index (χ2v) is 7.40. The van der Waals surface area contributed by atoms with Crippen LogP contribution in [-0.2, 0) is 9.59 Å². The van der Waals surface area contributed by atoms with Crippen molar-refractivity contribution >= 4 is 40.6 Å². The Labute approximate surface area is 167 Å². The quantitative estimate of drug-likeness (QED) is 0.773. The highest BCUT2D eigenvalue weighted by Crippen LogP contribution is 2.33. The summed E-state index contributed by atoms with van der Waals surface area (Å²) in [6, 6.07) is 12.8. The van der Waals surface area contributed by atoms with Gasteiger partial charge in [0.15, 0.2) is 11.8 Å². The summed E-state index contributed by atoms with van der Waals surface area (Å²) < 4.78 is 5.11. The number of nitrogens with zero attached hydrogens (tertiary/aromatic N) is 2. The molecule has 2 aromatic rings. The number of aliphatic imine (C=N–C) groups is 1. The number of carboxylic acid groups (broad SMARTS) is 1. The van der Waals surface area contributed by atoms with Crippen LogP contribution in [0.4, 0.5) is 5.69 Å². The number of carboxylic acids is 1. The third kappa shape index (κ3) is 4.61. The van der Waals surface area contributed by atoms with E-state index in [1.165, 1.54) is 22.2 Å². The molecule has 28 heavy (non-hydrogen) atoms. The van der Waals surface area contributed by atoms with E-state index in [-0.39, 0.29) is 5.91 Å². The second-order valence-electron chi connectivity index (χ2n) is 6.39. The molecule has 0 spiro atoms. The summed E-state index contributed by atoms with van der Waals surface area (Å²) in [5, 5.41) is 9.27. The lowest BCUT2D eigenvalue weighted by Gasteiger charge is -2.08. The van der Waals surface area contributed by atoms with Crippen LogP contribution in [0.1, 0.15) is 16.7 Å². The summed E-state index contributed by atoms with van der Waals surface area (Å²) >= 11 is 1.32. The monoisotopic (exact) mass is 396 g/mol. The maximum absolute atomic E-state index is 12.5. The molecule has 0 saturated carbocycles. The van der Waals surface area contributed by atoms with E-state index < -0.39 is 12.6 Å². The first-order chi connectivity index (χ1) is 13.3. The van der Waals surface area contributed by atoms with Crippen LogP contribution in [0.3, 0.4) is 0 Å². The minimum atomic E-state index is -1.03. The molecule has 0 atom stereocenters. The smallest absolute Gasteiger partial charge is 0.341 e. The van der Waals surface area contributed by atoms with Crippen LogP contribution in [0.5, 0.6) is 5.75 Å². The highest BCUT2D eigenvalue weighted by molar-refractivity contribution is 8.18. The lowest BCUT2D eigenvalue weighted by molar-refractivity contribution is -0.139. The Balaban J connectivity index is 1.77. The number of amides is 1. The number of rotatable bonds is 5. The highest BCUT2D eigenvalue weighted by atomic mass is 32.2. The van der Waals surface area contributed by atoms with E-state index in [9.17, 15) is 9.59 Å². The first-order valence-electron chi connectivity index (χ1n) is 8.61. The van der Waals surface area contributed by atoms with Crippen molar-refractivity contribution in [2.75, 3.05) is 13.7 Å². The number of aryl methyl sites for hydroxylation is 2. The van der Waals surface area contributed by atoms with E-state index in [1.807, 2.05) is 32.0 Å². The number of carbonyl (C=O) groups is 2. The Morgan fingerprint density at radius 3 is 2.54 bits per heavy atom. The van der Waals surface area contributed by atoms with Crippen LogP contribution >= 0.6 is 11.8 Å². The first kappa shape index (κ1) is 19.7.